The lowest BCUT2D eigenvalue weighted by molar-refractivity contribution is 0.0544. The van der Waals surface area contributed by atoms with Crippen LogP contribution in [0.3, 0.4) is 0 Å². The quantitative estimate of drug-likeness (QED) is 0.941. The molecule has 3 rings (SSSR count). The molecule has 1 amide bonds. The van der Waals surface area contributed by atoms with Crippen LogP contribution in [-0.2, 0) is 0 Å². The van der Waals surface area contributed by atoms with Crippen LogP contribution in [0, 0.1) is 6.92 Å². The Morgan fingerprint density at radius 1 is 1.43 bits per heavy atom. The molecule has 23 heavy (non-hydrogen) atoms. The first-order valence-electron chi connectivity index (χ1n) is 8.15. The number of para-hydroxylation sites is 1. The molecule has 1 fully saturated rings. The topological polar surface area (TPSA) is 62.9 Å². The molecule has 2 aromatic rings. The van der Waals surface area contributed by atoms with Crippen LogP contribution in [0.2, 0.25) is 0 Å². The van der Waals surface area contributed by atoms with Gasteiger partial charge >= 0.3 is 0 Å². The van der Waals surface area contributed by atoms with Gasteiger partial charge in [-0.05, 0) is 38.7 Å². The van der Waals surface area contributed by atoms with Gasteiger partial charge in [-0.15, -0.1) is 0 Å². The van der Waals surface area contributed by atoms with Crippen LogP contribution in [-0.4, -0.2) is 42.2 Å². The molecule has 2 heterocycles. The Morgan fingerprint density at radius 3 is 3.00 bits per heavy atom. The standard InChI is InChI=1S/C18H23NO4/c1-12-14-7-5-8-15(22-2)17(14)23-16(12)18(21)19-10-4-3-6-13(19)9-11-20/h5,7-8,13,20H,3-4,6,9-11H2,1-2H3. The summed E-state index contributed by atoms with van der Waals surface area (Å²) in [6.07, 6.45) is 3.65. The summed E-state index contributed by atoms with van der Waals surface area (Å²) in [7, 11) is 1.59. The molecule has 0 radical (unpaired) electrons. The van der Waals surface area contributed by atoms with Crippen molar-refractivity contribution in [2.24, 2.45) is 0 Å². The van der Waals surface area contributed by atoms with Crippen molar-refractivity contribution >= 4 is 16.9 Å². The largest absolute Gasteiger partial charge is 0.493 e. The molecule has 1 aromatic heterocycles. The molecule has 5 nitrogen and oxygen atoms in total. The normalized spacial score (nSPS) is 18.4. The minimum atomic E-state index is -0.0843. The molecule has 1 atom stereocenters. The Bertz CT molecular complexity index is 704. The van der Waals surface area contributed by atoms with Gasteiger partial charge in [0.05, 0.1) is 7.11 Å². The molecule has 5 heteroatoms. The van der Waals surface area contributed by atoms with E-state index >= 15 is 0 Å². The van der Waals surface area contributed by atoms with Crippen LogP contribution in [0.15, 0.2) is 22.6 Å². The fraction of sp³-hybridized carbons (Fsp3) is 0.500. The van der Waals surface area contributed by atoms with Crippen molar-refractivity contribution in [3.63, 3.8) is 0 Å². The highest BCUT2D eigenvalue weighted by molar-refractivity contribution is 6.00. The van der Waals surface area contributed by atoms with E-state index in [1.165, 1.54) is 0 Å². The summed E-state index contributed by atoms with van der Waals surface area (Å²) in [4.78, 5) is 14.8. The van der Waals surface area contributed by atoms with Crippen LogP contribution >= 0.6 is 0 Å². The molecule has 1 saturated heterocycles. The number of furan rings is 1. The number of nitrogens with zero attached hydrogens (tertiary/aromatic N) is 1. The average Bonchev–Trinajstić information content (AvgIpc) is 2.92. The number of likely N-dealkylation sites (tertiary alicyclic amines) is 1. The number of ether oxygens (including phenoxy) is 1. The summed E-state index contributed by atoms with van der Waals surface area (Å²) in [5.41, 5.74) is 1.46. The average molecular weight is 317 g/mol. The number of methoxy groups -OCH3 is 1. The highest BCUT2D eigenvalue weighted by Gasteiger charge is 2.30. The van der Waals surface area contributed by atoms with Gasteiger partial charge in [0.2, 0.25) is 0 Å². The van der Waals surface area contributed by atoms with Crippen molar-refractivity contribution in [1.29, 1.82) is 0 Å². The smallest absolute Gasteiger partial charge is 0.290 e. The third-order valence-electron chi connectivity index (χ3n) is 4.69. The first kappa shape index (κ1) is 15.9. The highest BCUT2D eigenvalue weighted by Crippen LogP contribution is 2.33. The van der Waals surface area contributed by atoms with Crippen LogP contribution in [0.4, 0.5) is 0 Å². The van der Waals surface area contributed by atoms with Crippen molar-refractivity contribution in [1.82, 2.24) is 4.90 Å². The van der Waals surface area contributed by atoms with Crippen molar-refractivity contribution in [2.45, 2.75) is 38.6 Å². The van der Waals surface area contributed by atoms with Crippen LogP contribution in [0.25, 0.3) is 11.0 Å². The molecule has 0 saturated carbocycles. The number of piperidine rings is 1. The van der Waals surface area contributed by atoms with Crippen LogP contribution in [0.5, 0.6) is 5.75 Å². The van der Waals surface area contributed by atoms with Gasteiger partial charge < -0.3 is 19.2 Å². The second kappa shape index (κ2) is 6.62. The summed E-state index contributed by atoms with van der Waals surface area (Å²) in [6.45, 7) is 2.72. The van der Waals surface area contributed by atoms with E-state index in [2.05, 4.69) is 0 Å². The van der Waals surface area contributed by atoms with Gasteiger partial charge in [0.25, 0.3) is 5.91 Å². The van der Waals surface area contributed by atoms with E-state index in [0.29, 0.717) is 23.5 Å². The summed E-state index contributed by atoms with van der Waals surface area (Å²) in [5.74, 6) is 0.934. The molecule has 1 aromatic carbocycles. The van der Waals surface area contributed by atoms with Gasteiger partial charge in [0.15, 0.2) is 17.1 Å². The molecule has 1 unspecified atom stereocenters. The lowest BCUT2D eigenvalue weighted by Crippen LogP contribution is -2.44. The van der Waals surface area contributed by atoms with E-state index in [1.54, 1.807) is 7.11 Å². The number of carbonyl (C=O) groups is 1. The number of carbonyl (C=O) groups excluding carboxylic acids is 1. The number of aliphatic hydroxyl groups is 1. The van der Waals surface area contributed by atoms with Crippen molar-refractivity contribution < 1.29 is 19.1 Å². The molecule has 1 aliphatic rings. The van der Waals surface area contributed by atoms with E-state index in [1.807, 2.05) is 30.0 Å². The lowest BCUT2D eigenvalue weighted by atomic mass is 9.99. The summed E-state index contributed by atoms with van der Waals surface area (Å²) in [5, 5.41) is 10.2. The SMILES string of the molecule is COc1cccc2c(C)c(C(=O)N3CCCCC3CCO)oc12. The highest BCUT2D eigenvalue weighted by atomic mass is 16.5. The maximum atomic E-state index is 13.0. The maximum Gasteiger partial charge on any atom is 0.290 e. The van der Waals surface area contributed by atoms with E-state index < -0.39 is 0 Å². The van der Waals surface area contributed by atoms with Gasteiger partial charge in [-0.2, -0.15) is 0 Å². The second-order valence-electron chi connectivity index (χ2n) is 6.05. The Balaban J connectivity index is 1.98. The molecule has 0 spiro atoms. The maximum absolute atomic E-state index is 13.0. The first-order chi connectivity index (χ1) is 11.2. The monoisotopic (exact) mass is 317 g/mol. The van der Waals surface area contributed by atoms with Crippen molar-refractivity contribution in [3.05, 3.63) is 29.5 Å². The molecule has 0 aliphatic carbocycles. The van der Waals surface area contributed by atoms with Gasteiger partial charge in [-0.1, -0.05) is 12.1 Å². The number of hydrogen-bond acceptors (Lipinski definition) is 4. The summed E-state index contributed by atoms with van der Waals surface area (Å²) in [6, 6.07) is 5.76. The number of aryl methyl sites for hydroxylation is 1. The Hall–Kier alpha value is -2.01. The number of aliphatic hydroxyl groups excluding tert-OH is 1. The van der Waals surface area contributed by atoms with Gasteiger partial charge in [0.1, 0.15) is 0 Å². The zero-order valence-corrected chi connectivity index (χ0v) is 13.7. The van der Waals surface area contributed by atoms with E-state index in [4.69, 9.17) is 9.15 Å². The third kappa shape index (κ3) is 2.81. The summed E-state index contributed by atoms with van der Waals surface area (Å²) < 4.78 is 11.2. The number of hydrogen-bond donors (Lipinski definition) is 1. The molecule has 1 N–H and O–H groups in total. The van der Waals surface area contributed by atoms with Gasteiger partial charge in [0, 0.05) is 30.1 Å². The van der Waals surface area contributed by atoms with Gasteiger partial charge in [-0.25, -0.2) is 0 Å². The zero-order valence-electron chi connectivity index (χ0n) is 13.7. The molecular formula is C18H23NO4. The second-order valence-corrected chi connectivity index (χ2v) is 6.05. The first-order valence-corrected chi connectivity index (χ1v) is 8.15. The fourth-order valence-electron chi connectivity index (χ4n) is 3.43. The lowest BCUT2D eigenvalue weighted by Gasteiger charge is -2.35. The molecule has 124 valence electrons. The Morgan fingerprint density at radius 2 is 2.26 bits per heavy atom. The molecule has 0 bridgehead atoms. The number of rotatable bonds is 4. The van der Waals surface area contributed by atoms with E-state index in [9.17, 15) is 9.90 Å². The van der Waals surface area contributed by atoms with E-state index in [0.717, 1.165) is 36.8 Å². The Labute approximate surface area is 135 Å². The third-order valence-corrected chi connectivity index (χ3v) is 4.69. The van der Waals surface area contributed by atoms with Crippen LogP contribution < -0.4 is 4.74 Å². The number of benzene rings is 1. The minimum absolute atomic E-state index is 0.0843. The number of fused-ring (bicyclic) bond motifs is 1. The molecular weight excluding hydrogens is 294 g/mol. The van der Waals surface area contributed by atoms with Crippen molar-refractivity contribution in [3.8, 4) is 5.75 Å². The predicted molar refractivity (Wildman–Crippen MR) is 87.9 cm³/mol. The summed E-state index contributed by atoms with van der Waals surface area (Å²) >= 11 is 0. The number of amides is 1. The fourth-order valence-corrected chi connectivity index (χ4v) is 3.43. The predicted octanol–water partition coefficient (Wildman–Crippen LogP) is 3.13. The zero-order chi connectivity index (χ0) is 16.4. The molecule has 1 aliphatic heterocycles. The minimum Gasteiger partial charge on any atom is -0.493 e. The Kier molecular flexibility index (Phi) is 4.57. The van der Waals surface area contributed by atoms with Crippen molar-refractivity contribution in [2.75, 3.05) is 20.3 Å². The van der Waals surface area contributed by atoms with Crippen LogP contribution in [0.1, 0.15) is 41.8 Å². The van der Waals surface area contributed by atoms with E-state index in [-0.39, 0.29) is 18.6 Å². The van der Waals surface area contributed by atoms with Gasteiger partial charge in [-0.3, -0.25) is 4.79 Å².